The summed E-state index contributed by atoms with van der Waals surface area (Å²) in [5.74, 6) is -0.211. The van der Waals surface area contributed by atoms with Crippen molar-refractivity contribution in [2.75, 3.05) is 6.61 Å². The monoisotopic (exact) mass is 310 g/mol. The number of amides is 1. The number of fused-ring (bicyclic) bond motifs is 1. The highest BCUT2D eigenvalue weighted by atomic mass is 16.6. The molecule has 0 saturated heterocycles. The van der Waals surface area contributed by atoms with Gasteiger partial charge in [0.25, 0.3) is 5.91 Å². The van der Waals surface area contributed by atoms with E-state index >= 15 is 0 Å². The molecule has 0 atom stereocenters. The number of carbonyl (C=O) groups excluding carboxylic acids is 1. The van der Waals surface area contributed by atoms with Crippen LogP contribution >= 0.6 is 0 Å². The zero-order valence-corrected chi connectivity index (χ0v) is 12.4. The van der Waals surface area contributed by atoms with Crippen LogP contribution in [0, 0.1) is 0 Å². The predicted molar refractivity (Wildman–Crippen MR) is 84.8 cm³/mol. The fourth-order valence-electron chi connectivity index (χ4n) is 2.13. The molecule has 0 spiro atoms. The molecule has 0 bridgehead atoms. The van der Waals surface area contributed by atoms with Crippen molar-refractivity contribution in [1.82, 2.24) is 10.5 Å². The number of nitrogens with one attached hydrogen (secondary N) is 1. The largest absolute Gasteiger partial charge is 0.403 e. The molecule has 23 heavy (non-hydrogen) atoms. The Morgan fingerprint density at radius 1 is 1.22 bits per heavy atom. The van der Waals surface area contributed by atoms with Crippen LogP contribution in [-0.4, -0.2) is 17.5 Å². The summed E-state index contributed by atoms with van der Waals surface area (Å²) in [4.78, 5) is 33.2. The molecule has 0 aliphatic carbocycles. The maximum atomic E-state index is 12.0. The molecule has 6 nitrogen and oxygen atoms in total. The lowest BCUT2D eigenvalue weighted by Gasteiger charge is -2.06. The van der Waals surface area contributed by atoms with Gasteiger partial charge in [0, 0.05) is 11.1 Å². The molecule has 3 rings (SSSR count). The molecule has 0 radical (unpaired) electrons. The third-order valence-electron chi connectivity index (χ3n) is 3.22. The van der Waals surface area contributed by atoms with E-state index in [0.717, 1.165) is 0 Å². The average molecular weight is 310 g/mol. The number of hydroxylamine groups is 1. The topological polar surface area (TPSA) is 81.4 Å². The zero-order valence-electron chi connectivity index (χ0n) is 12.4. The molecule has 2 aromatic carbocycles. The lowest BCUT2D eigenvalue weighted by molar-refractivity contribution is 0.0364. The summed E-state index contributed by atoms with van der Waals surface area (Å²) in [5, 5.41) is 0.418. The molecule has 6 heteroatoms. The van der Waals surface area contributed by atoms with Crippen molar-refractivity contribution in [2.24, 2.45) is 0 Å². The van der Waals surface area contributed by atoms with Crippen LogP contribution < -0.4 is 11.1 Å². The molecule has 116 valence electrons. The zero-order chi connectivity index (χ0) is 16.2. The second-order valence-electron chi connectivity index (χ2n) is 4.77. The summed E-state index contributed by atoms with van der Waals surface area (Å²) in [6.07, 6.45) is 0. The number of benzene rings is 2. The smallest absolute Gasteiger partial charge is 0.347 e. The molecule has 0 saturated carbocycles. The number of para-hydroxylation sites is 1. The van der Waals surface area contributed by atoms with Gasteiger partial charge in [-0.1, -0.05) is 18.2 Å². The maximum absolute atomic E-state index is 12.0. The summed E-state index contributed by atoms with van der Waals surface area (Å²) < 4.78 is 5.26. The Hall–Kier alpha value is -2.99. The lowest BCUT2D eigenvalue weighted by atomic mass is 10.1. The third kappa shape index (κ3) is 3.12. The van der Waals surface area contributed by atoms with E-state index in [4.69, 9.17) is 9.25 Å². The van der Waals surface area contributed by atoms with Gasteiger partial charge in [0.05, 0.1) is 17.5 Å². The highest BCUT2D eigenvalue weighted by Crippen LogP contribution is 2.19. The van der Waals surface area contributed by atoms with Crippen LogP contribution in [0.1, 0.15) is 17.3 Å². The first-order chi connectivity index (χ1) is 11.2. The van der Waals surface area contributed by atoms with E-state index in [1.165, 1.54) is 0 Å². The molecule has 1 amide bonds. The normalized spacial score (nSPS) is 10.7. The first-order valence-electron chi connectivity index (χ1n) is 7.11. The summed E-state index contributed by atoms with van der Waals surface area (Å²) in [7, 11) is 0. The van der Waals surface area contributed by atoms with Gasteiger partial charge in [0.1, 0.15) is 0 Å². The van der Waals surface area contributed by atoms with E-state index in [0.29, 0.717) is 28.6 Å². The van der Waals surface area contributed by atoms with Crippen molar-refractivity contribution in [3.63, 3.8) is 0 Å². The Balaban J connectivity index is 2.02. The minimum absolute atomic E-state index is 0.166. The molecule has 3 aromatic rings. The molecule has 0 aliphatic heterocycles. The molecule has 0 aliphatic rings. The lowest BCUT2D eigenvalue weighted by Crippen LogP contribution is -2.23. The SMILES string of the molecule is CCONC(=O)c1cccc(-c2nc3ccccc3c(=O)o2)c1. The highest BCUT2D eigenvalue weighted by molar-refractivity contribution is 5.94. The summed E-state index contributed by atoms with van der Waals surface area (Å²) >= 11 is 0. The van der Waals surface area contributed by atoms with Crippen molar-refractivity contribution < 1.29 is 14.0 Å². The van der Waals surface area contributed by atoms with Gasteiger partial charge >= 0.3 is 5.63 Å². The van der Waals surface area contributed by atoms with Crippen LogP contribution in [0.5, 0.6) is 0 Å². The number of nitrogens with zero attached hydrogens (tertiary/aromatic N) is 1. The molecular weight excluding hydrogens is 296 g/mol. The van der Waals surface area contributed by atoms with Crippen LogP contribution in [0.2, 0.25) is 0 Å². The molecule has 1 aromatic heterocycles. The Morgan fingerprint density at radius 3 is 2.87 bits per heavy atom. The Morgan fingerprint density at radius 2 is 2.04 bits per heavy atom. The van der Waals surface area contributed by atoms with Gasteiger partial charge in [-0.3, -0.25) is 9.63 Å². The third-order valence-corrected chi connectivity index (χ3v) is 3.22. The Kier molecular flexibility index (Phi) is 4.16. The van der Waals surface area contributed by atoms with E-state index < -0.39 is 5.63 Å². The van der Waals surface area contributed by atoms with Gasteiger partial charge < -0.3 is 4.42 Å². The molecule has 1 N–H and O–H groups in total. The first kappa shape index (κ1) is 14.9. The van der Waals surface area contributed by atoms with Crippen molar-refractivity contribution in [1.29, 1.82) is 0 Å². The Labute approximate surface area is 131 Å². The number of rotatable bonds is 4. The average Bonchev–Trinajstić information content (AvgIpc) is 2.59. The standard InChI is InChI=1S/C17H14N2O4/c1-2-22-19-15(20)11-6-5-7-12(10-11)16-18-14-9-4-3-8-13(14)17(21)23-16/h3-10H,2H2,1H3,(H,19,20). The van der Waals surface area contributed by atoms with Gasteiger partial charge in [-0.2, -0.15) is 0 Å². The van der Waals surface area contributed by atoms with E-state index in [1.807, 2.05) is 0 Å². The van der Waals surface area contributed by atoms with Crippen LogP contribution in [-0.2, 0) is 4.84 Å². The summed E-state index contributed by atoms with van der Waals surface area (Å²) in [5.41, 5.74) is 3.32. The summed E-state index contributed by atoms with van der Waals surface area (Å²) in [6, 6.07) is 13.6. The van der Waals surface area contributed by atoms with Gasteiger partial charge in [-0.25, -0.2) is 15.3 Å². The molecule has 1 heterocycles. The fourth-order valence-corrected chi connectivity index (χ4v) is 2.13. The quantitative estimate of drug-likeness (QED) is 0.749. The fraction of sp³-hybridized carbons (Fsp3) is 0.118. The van der Waals surface area contributed by atoms with Crippen molar-refractivity contribution in [2.45, 2.75) is 6.92 Å². The highest BCUT2D eigenvalue weighted by Gasteiger charge is 2.11. The number of hydrogen-bond acceptors (Lipinski definition) is 5. The van der Waals surface area contributed by atoms with Gasteiger partial charge in [0.15, 0.2) is 0 Å². The van der Waals surface area contributed by atoms with Gasteiger partial charge in [-0.15, -0.1) is 0 Å². The van der Waals surface area contributed by atoms with E-state index in [9.17, 15) is 9.59 Å². The first-order valence-corrected chi connectivity index (χ1v) is 7.11. The van der Waals surface area contributed by atoms with E-state index in [-0.39, 0.29) is 11.8 Å². The van der Waals surface area contributed by atoms with E-state index in [1.54, 1.807) is 55.5 Å². The van der Waals surface area contributed by atoms with Crippen molar-refractivity contribution in [3.8, 4) is 11.5 Å². The minimum Gasteiger partial charge on any atom is -0.403 e. The second-order valence-corrected chi connectivity index (χ2v) is 4.77. The molecule has 0 fully saturated rings. The number of carbonyl (C=O) groups is 1. The van der Waals surface area contributed by atoms with Crippen LogP contribution in [0.4, 0.5) is 0 Å². The van der Waals surface area contributed by atoms with Gasteiger partial charge in [-0.05, 0) is 37.3 Å². The predicted octanol–water partition coefficient (Wildman–Crippen LogP) is 2.54. The van der Waals surface area contributed by atoms with Crippen molar-refractivity contribution in [3.05, 3.63) is 64.5 Å². The van der Waals surface area contributed by atoms with Crippen LogP contribution in [0.3, 0.4) is 0 Å². The maximum Gasteiger partial charge on any atom is 0.347 e. The number of aromatic nitrogens is 1. The molecular formula is C17H14N2O4. The molecule has 0 unspecified atom stereocenters. The minimum atomic E-state index is -0.463. The Bertz CT molecular complexity index is 918. The second kappa shape index (κ2) is 6.41. The van der Waals surface area contributed by atoms with Gasteiger partial charge in [0.2, 0.25) is 5.89 Å². The summed E-state index contributed by atoms with van der Waals surface area (Å²) in [6.45, 7) is 2.14. The van der Waals surface area contributed by atoms with Crippen LogP contribution in [0.15, 0.2) is 57.7 Å². The van der Waals surface area contributed by atoms with Crippen molar-refractivity contribution >= 4 is 16.8 Å². The van der Waals surface area contributed by atoms with E-state index in [2.05, 4.69) is 10.5 Å². The van der Waals surface area contributed by atoms with Crippen LogP contribution in [0.25, 0.3) is 22.4 Å². The number of hydrogen-bond donors (Lipinski definition) is 1.